The summed E-state index contributed by atoms with van der Waals surface area (Å²) < 4.78 is 4.17. The van der Waals surface area contributed by atoms with Crippen molar-refractivity contribution in [1.29, 1.82) is 0 Å². The van der Waals surface area contributed by atoms with Gasteiger partial charge in [0.05, 0.1) is 11.6 Å². The Morgan fingerprint density at radius 1 is 1.69 bits per heavy atom. The molecule has 1 aromatic rings. The van der Waals surface area contributed by atoms with Crippen LogP contribution in [0.4, 0.5) is 0 Å². The maximum atomic E-state index is 10.8. The molecule has 0 radical (unpaired) electrons. The minimum Gasteiger partial charge on any atom is -0.481 e. The number of carboxylic acids is 1. The fourth-order valence-electron chi connectivity index (χ4n) is 1.66. The molecule has 5 heteroatoms. The number of hydrogen-bond acceptors (Lipinski definition) is 4. The van der Waals surface area contributed by atoms with Gasteiger partial charge < -0.3 is 10.4 Å². The first kappa shape index (κ1) is 8.65. The Hall–Kier alpha value is -0.940. The molecule has 1 fully saturated rings. The van der Waals surface area contributed by atoms with Gasteiger partial charge in [0.25, 0.3) is 0 Å². The highest BCUT2D eigenvalue weighted by Gasteiger charge is 2.34. The Morgan fingerprint density at radius 2 is 2.54 bits per heavy atom. The lowest BCUT2D eigenvalue weighted by Crippen LogP contribution is -2.21. The quantitative estimate of drug-likeness (QED) is 0.727. The molecule has 0 amide bonds. The molecule has 1 aliphatic rings. The fourth-order valence-corrected chi connectivity index (χ4v) is 2.24. The second kappa shape index (κ2) is 3.43. The van der Waals surface area contributed by atoms with Crippen LogP contribution in [0.5, 0.6) is 0 Å². The Bertz CT molecular complexity index is 299. The van der Waals surface area contributed by atoms with Crippen molar-refractivity contribution < 1.29 is 9.90 Å². The van der Waals surface area contributed by atoms with Crippen molar-refractivity contribution in [3.8, 4) is 0 Å². The summed E-state index contributed by atoms with van der Waals surface area (Å²) in [6, 6.07) is 1.90. The van der Waals surface area contributed by atoms with E-state index in [0.717, 1.165) is 12.2 Å². The van der Waals surface area contributed by atoms with Crippen LogP contribution in [0.15, 0.2) is 11.4 Å². The summed E-state index contributed by atoms with van der Waals surface area (Å²) >= 11 is 1.37. The number of rotatable bonds is 2. The van der Waals surface area contributed by atoms with Crippen LogP contribution in [0.1, 0.15) is 11.6 Å². The van der Waals surface area contributed by atoms with Gasteiger partial charge in [0.1, 0.15) is 0 Å². The molecule has 0 saturated carbocycles. The van der Waals surface area contributed by atoms with Crippen LogP contribution in [0.3, 0.4) is 0 Å². The van der Waals surface area contributed by atoms with Crippen LogP contribution >= 0.6 is 11.5 Å². The summed E-state index contributed by atoms with van der Waals surface area (Å²) in [6.45, 7) is 1.28. The molecule has 0 aliphatic carbocycles. The van der Waals surface area contributed by atoms with E-state index in [0.29, 0.717) is 6.54 Å². The summed E-state index contributed by atoms with van der Waals surface area (Å²) in [5.41, 5.74) is 0.905. The Morgan fingerprint density at radius 3 is 3.15 bits per heavy atom. The van der Waals surface area contributed by atoms with Crippen LogP contribution in [-0.2, 0) is 4.79 Å². The Balaban J connectivity index is 2.19. The number of aromatic nitrogens is 1. The van der Waals surface area contributed by atoms with Crippen LogP contribution in [0.25, 0.3) is 0 Å². The average molecular weight is 198 g/mol. The minimum absolute atomic E-state index is 0.0451. The number of carbonyl (C=O) groups is 1. The lowest BCUT2D eigenvalue weighted by Gasteiger charge is -2.10. The first-order chi connectivity index (χ1) is 6.29. The first-order valence-electron chi connectivity index (χ1n) is 4.13. The van der Waals surface area contributed by atoms with Crippen LogP contribution in [-0.4, -0.2) is 28.5 Å². The second-order valence-electron chi connectivity index (χ2n) is 3.13. The summed E-state index contributed by atoms with van der Waals surface area (Å²) in [6.07, 6.45) is 0. The van der Waals surface area contributed by atoms with Gasteiger partial charge in [-0.3, -0.25) is 4.79 Å². The number of nitrogens with zero attached hydrogens (tertiary/aromatic N) is 1. The highest BCUT2D eigenvalue weighted by Crippen LogP contribution is 2.27. The van der Waals surface area contributed by atoms with Gasteiger partial charge >= 0.3 is 5.97 Å². The zero-order chi connectivity index (χ0) is 9.26. The van der Waals surface area contributed by atoms with E-state index in [-0.39, 0.29) is 11.8 Å². The van der Waals surface area contributed by atoms with E-state index < -0.39 is 5.97 Å². The lowest BCUT2D eigenvalue weighted by molar-refractivity contribution is -0.141. The first-order valence-corrected chi connectivity index (χ1v) is 4.96. The van der Waals surface area contributed by atoms with E-state index >= 15 is 0 Å². The molecule has 13 heavy (non-hydrogen) atoms. The van der Waals surface area contributed by atoms with Gasteiger partial charge in [0.2, 0.25) is 0 Å². The van der Waals surface area contributed by atoms with E-state index in [1.54, 1.807) is 0 Å². The molecule has 1 aliphatic heterocycles. The molecule has 2 atom stereocenters. The molecule has 70 valence electrons. The van der Waals surface area contributed by atoms with Crippen LogP contribution < -0.4 is 5.32 Å². The molecule has 2 rings (SSSR count). The van der Waals surface area contributed by atoms with Crippen molar-refractivity contribution in [1.82, 2.24) is 9.69 Å². The van der Waals surface area contributed by atoms with E-state index in [2.05, 4.69) is 9.69 Å². The van der Waals surface area contributed by atoms with Crippen LogP contribution in [0.2, 0.25) is 0 Å². The molecule has 2 unspecified atom stereocenters. The molecule has 0 spiro atoms. The van der Waals surface area contributed by atoms with Crippen molar-refractivity contribution >= 4 is 17.5 Å². The highest BCUT2D eigenvalue weighted by atomic mass is 32.1. The van der Waals surface area contributed by atoms with Gasteiger partial charge in [-0.25, -0.2) is 0 Å². The number of nitrogens with one attached hydrogen (secondary N) is 1. The van der Waals surface area contributed by atoms with E-state index in [1.807, 2.05) is 11.4 Å². The maximum absolute atomic E-state index is 10.8. The summed E-state index contributed by atoms with van der Waals surface area (Å²) in [5.74, 6) is -1.01. The smallest absolute Gasteiger partial charge is 0.308 e. The maximum Gasteiger partial charge on any atom is 0.308 e. The third kappa shape index (κ3) is 1.57. The number of carboxylic acid groups (broad SMARTS) is 1. The molecule has 1 saturated heterocycles. The van der Waals surface area contributed by atoms with Gasteiger partial charge in [-0.15, -0.1) is 0 Å². The predicted molar refractivity (Wildman–Crippen MR) is 48.9 cm³/mol. The standard InChI is InChI=1S/C8H10N2O2S/c11-8(12)6-4-9-3-5(6)7-1-2-13-10-7/h1-2,5-6,9H,3-4H2,(H,11,12). The highest BCUT2D eigenvalue weighted by molar-refractivity contribution is 7.03. The van der Waals surface area contributed by atoms with Gasteiger partial charge in [-0.2, -0.15) is 4.37 Å². The van der Waals surface area contributed by atoms with Gasteiger partial charge in [0.15, 0.2) is 0 Å². The normalized spacial score (nSPS) is 27.7. The Labute approximate surface area is 79.8 Å². The minimum atomic E-state index is -0.733. The molecule has 0 bridgehead atoms. The number of hydrogen-bond donors (Lipinski definition) is 2. The van der Waals surface area contributed by atoms with Gasteiger partial charge in [-0.05, 0) is 17.6 Å². The van der Waals surface area contributed by atoms with Gasteiger partial charge in [0, 0.05) is 24.4 Å². The van der Waals surface area contributed by atoms with E-state index in [9.17, 15) is 4.79 Å². The molecule has 2 N–H and O–H groups in total. The SMILES string of the molecule is O=C(O)C1CNCC1c1ccsn1. The third-order valence-electron chi connectivity index (χ3n) is 2.37. The van der Waals surface area contributed by atoms with Crippen LogP contribution in [0, 0.1) is 5.92 Å². The van der Waals surface area contributed by atoms with Crippen molar-refractivity contribution in [2.75, 3.05) is 13.1 Å². The monoisotopic (exact) mass is 198 g/mol. The zero-order valence-corrected chi connectivity index (χ0v) is 7.75. The molecular weight excluding hydrogens is 188 g/mol. The van der Waals surface area contributed by atoms with Crippen molar-refractivity contribution in [2.24, 2.45) is 5.92 Å². The summed E-state index contributed by atoms with van der Waals surface area (Å²) in [4.78, 5) is 10.8. The summed E-state index contributed by atoms with van der Waals surface area (Å²) in [5, 5.41) is 13.9. The van der Waals surface area contributed by atoms with Crippen molar-refractivity contribution in [3.05, 3.63) is 17.1 Å². The molecule has 0 aromatic carbocycles. The number of aliphatic carboxylic acids is 1. The summed E-state index contributed by atoms with van der Waals surface area (Å²) in [7, 11) is 0. The predicted octanol–water partition coefficient (Wildman–Crippen LogP) is 0.531. The van der Waals surface area contributed by atoms with E-state index in [1.165, 1.54) is 11.5 Å². The topological polar surface area (TPSA) is 62.2 Å². The molecule has 1 aromatic heterocycles. The second-order valence-corrected chi connectivity index (χ2v) is 3.80. The largest absolute Gasteiger partial charge is 0.481 e. The van der Waals surface area contributed by atoms with Gasteiger partial charge in [-0.1, -0.05) is 0 Å². The van der Waals surface area contributed by atoms with Crippen molar-refractivity contribution in [2.45, 2.75) is 5.92 Å². The lowest BCUT2D eigenvalue weighted by atomic mass is 9.93. The molecule has 2 heterocycles. The van der Waals surface area contributed by atoms with Crippen molar-refractivity contribution in [3.63, 3.8) is 0 Å². The van der Waals surface area contributed by atoms with E-state index in [4.69, 9.17) is 5.11 Å². The molecule has 4 nitrogen and oxygen atoms in total. The third-order valence-corrected chi connectivity index (χ3v) is 2.94. The fraction of sp³-hybridized carbons (Fsp3) is 0.500. The molecular formula is C8H10N2O2S. The average Bonchev–Trinajstić information content (AvgIpc) is 2.74. The Kier molecular flexibility index (Phi) is 2.28. The zero-order valence-electron chi connectivity index (χ0n) is 6.93.